The summed E-state index contributed by atoms with van der Waals surface area (Å²) >= 11 is 0. The third-order valence-electron chi connectivity index (χ3n) is 6.22. The second kappa shape index (κ2) is 7.11. The molecule has 1 aliphatic heterocycles. The van der Waals surface area contributed by atoms with Crippen molar-refractivity contribution in [3.63, 3.8) is 0 Å². The van der Waals surface area contributed by atoms with E-state index in [1.165, 1.54) is 16.7 Å². The predicted octanol–water partition coefficient (Wildman–Crippen LogP) is 5.50. The van der Waals surface area contributed by atoms with Crippen molar-refractivity contribution in [2.75, 3.05) is 6.61 Å². The summed E-state index contributed by atoms with van der Waals surface area (Å²) in [7, 11) is 0. The number of carbonyl (C=O) groups excluding carboxylic acids is 1. The van der Waals surface area contributed by atoms with Crippen LogP contribution in [0, 0.1) is 11.3 Å². The molecule has 1 aliphatic carbocycles. The van der Waals surface area contributed by atoms with E-state index in [1.807, 2.05) is 0 Å². The van der Waals surface area contributed by atoms with Crippen molar-refractivity contribution in [1.29, 1.82) is 0 Å². The van der Waals surface area contributed by atoms with Gasteiger partial charge in [0.15, 0.2) is 0 Å². The number of hydrogen-bond acceptors (Lipinski definition) is 2. The maximum atomic E-state index is 12.5. The van der Waals surface area contributed by atoms with E-state index >= 15 is 0 Å². The molecule has 0 N–H and O–H groups in total. The Hall–Kier alpha value is -2.35. The zero-order chi connectivity index (χ0) is 18.0. The smallest absolute Gasteiger partial charge is 0.312 e. The maximum Gasteiger partial charge on any atom is 0.312 e. The molecular formula is C24H26O2. The van der Waals surface area contributed by atoms with Crippen LogP contribution in [0.1, 0.15) is 49.1 Å². The van der Waals surface area contributed by atoms with E-state index in [-0.39, 0.29) is 11.4 Å². The Bertz CT molecular complexity index is 741. The summed E-state index contributed by atoms with van der Waals surface area (Å²) in [6.45, 7) is 4.73. The van der Waals surface area contributed by atoms with Crippen LogP contribution in [0.25, 0.3) is 0 Å². The van der Waals surface area contributed by atoms with Crippen molar-refractivity contribution in [2.24, 2.45) is 11.3 Å². The predicted molar refractivity (Wildman–Crippen MR) is 104 cm³/mol. The molecule has 0 amide bonds. The quantitative estimate of drug-likeness (QED) is 0.510. The van der Waals surface area contributed by atoms with Gasteiger partial charge in [0.05, 0.1) is 12.0 Å². The number of hydrogen-bond donors (Lipinski definition) is 0. The molecule has 2 aromatic rings. The first-order chi connectivity index (χ1) is 12.7. The van der Waals surface area contributed by atoms with E-state index < -0.39 is 0 Å². The van der Waals surface area contributed by atoms with Crippen LogP contribution in [0.4, 0.5) is 0 Å². The molecular weight excluding hydrogens is 320 g/mol. The van der Waals surface area contributed by atoms with Crippen LogP contribution in [0.3, 0.4) is 0 Å². The monoisotopic (exact) mass is 346 g/mol. The fourth-order valence-corrected chi connectivity index (χ4v) is 4.90. The van der Waals surface area contributed by atoms with Gasteiger partial charge in [0, 0.05) is 11.8 Å². The van der Waals surface area contributed by atoms with Gasteiger partial charge in [0.1, 0.15) is 0 Å². The Kier molecular flexibility index (Phi) is 4.67. The second-order valence-corrected chi connectivity index (χ2v) is 7.85. The number of ether oxygens (including phenoxy) is 1. The van der Waals surface area contributed by atoms with Gasteiger partial charge < -0.3 is 4.74 Å². The van der Waals surface area contributed by atoms with Gasteiger partial charge in [0.25, 0.3) is 0 Å². The normalized spacial score (nSPS) is 24.7. The molecule has 1 heterocycles. The van der Waals surface area contributed by atoms with Gasteiger partial charge in [-0.15, -0.1) is 0 Å². The van der Waals surface area contributed by atoms with Crippen molar-refractivity contribution in [3.8, 4) is 0 Å². The molecule has 26 heavy (non-hydrogen) atoms. The molecule has 0 radical (unpaired) electrons. The van der Waals surface area contributed by atoms with E-state index in [1.54, 1.807) is 0 Å². The lowest BCUT2D eigenvalue weighted by Gasteiger charge is -2.25. The van der Waals surface area contributed by atoms with Crippen molar-refractivity contribution < 1.29 is 9.53 Å². The number of esters is 1. The van der Waals surface area contributed by atoms with E-state index in [4.69, 9.17) is 4.74 Å². The number of allylic oxidation sites excluding steroid dienone is 1. The summed E-state index contributed by atoms with van der Waals surface area (Å²) in [5.41, 5.74) is 3.61. The van der Waals surface area contributed by atoms with Crippen molar-refractivity contribution in [1.82, 2.24) is 0 Å². The molecule has 2 nitrogen and oxygen atoms in total. The van der Waals surface area contributed by atoms with Gasteiger partial charge in [-0.2, -0.15) is 0 Å². The molecule has 2 fully saturated rings. The first kappa shape index (κ1) is 17.1. The van der Waals surface area contributed by atoms with Crippen molar-refractivity contribution >= 4 is 5.97 Å². The Morgan fingerprint density at radius 3 is 2.27 bits per heavy atom. The van der Waals surface area contributed by atoms with Gasteiger partial charge in [-0.05, 0) is 36.8 Å². The van der Waals surface area contributed by atoms with Gasteiger partial charge in [-0.25, -0.2) is 0 Å². The fourth-order valence-electron chi connectivity index (χ4n) is 4.90. The van der Waals surface area contributed by atoms with E-state index in [9.17, 15) is 4.79 Å². The molecule has 2 atom stereocenters. The molecule has 134 valence electrons. The molecule has 2 aliphatic rings. The molecule has 0 aromatic heterocycles. The van der Waals surface area contributed by atoms with E-state index in [0.29, 0.717) is 18.4 Å². The molecule has 1 saturated carbocycles. The Balaban J connectivity index is 1.51. The fraction of sp³-hybridized carbons (Fsp3) is 0.375. The van der Waals surface area contributed by atoms with Gasteiger partial charge >= 0.3 is 5.97 Å². The van der Waals surface area contributed by atoms with E-state index in [2.05, 4.69) is 67.2 Å². The SMILES string of the molecule is C=C1CC2COC(=O)C2(CCCC(c2ccccc2)c2ccccc2)C1. The highest BCUT2D eigenvalue weighted by atomic mass is 16.5. The molecule has 2 aromatic carbocycles. The number of fused-ring (bicyclic) bond motifs is 1. The first-order valence-electron chi connectivity index (χ1n) is 9.63. The highest BCUT2D eigenvalue weighted by Crippen LogP contribution is 2.53. The zero-order valence-electron chi connectivity index (χ0n) is 15.2. The summed E-state index contributed by atoms with van der Waals surface area (Å²) in [5.74, 6) is 0.723. The second-order valence-electron chi connectivity index (χ2n) is 7.85. The lowest BCUT2D eigenvalue weighted by atomic mass is 9.74. The highest BCUT2D eigenvalue weighted by molar-refractivity contribution is 5.80. The third kappa shape index (κ3) is 3.09. The minimum atomic E-state index is -0.297. The first-order valence-corrected chi connectivity index (χ1v) is 9.63. The topological polar surface area (TPSA) is 26.3 Å². The molecule has 4 rings (SSSR count). The largest absolute Gasteiger partial charge is 0.465 e. The van der Waals surface area contributed by atoms with Crippen LogP contribution in [0.2, 0.25) is 0 Å². The Morgan fingerprint density at radius 1 is 1.04 bits per heavy atom. The minimum Gasteiger partial charge on any atom is -0.465 e. The van der Waals surface area contributed by atoms with Crippen LogP contribution in [0.15, 0.2) is 72.8 Å². The number of carbonyl (C=O) groups is 1. The lowest BCUT2D eigenvalue weighted by Crippen LogP contribution is -2.29. The average Bonchev–Trinajstić information content (AvgIpc) is 3.15. The molecule has 0 bridgehead atoms. The Labute approximate surface area is 155 Å². The van der Waals surface area contributed by atoms with Crippen LogP contribution < -0.4 is 0 Å². The maximum absolute atomic E-state index is 12.5. The minimum absolute atomic E-state index is 0.0112. The van der Waals surface area contributed by atoms with Crippen LogP contribution >= 0.6 is 0 Å². The summed E-state index contributed by atoms with van der Waals surface area (Å²) in [6, 6.07) is 21.4. The average molecular weight is 346 g/mol. The van der Waals surface area contributed by atoms with Crippen LogP contribution in [-0.2, 0) is 9.53 Å². The van der Waals surface area contributed by atoms with Gasteiger partial charge in [-0.1, -0.05) is 79.2 Å². The third-order valence-corrected chi connectivity index (χ3v) is 6.22. The molecule has 2 unspecified atom stereocenters. The number of cyclic esters (lactones) is 1. The Morgan fingerprint density at radius 2 is 1.65 bits per heavy atom. The van der Waals surface area contributed by atoms with Crippen LogP contribution in [0.5, 0.6) is 0 Å². The number of rotatable bonds is 6. The van der Waals surface area contributed by atoms with Gasteiger partial charge in [-0.3, -0.25) is 4.79 Å². The lowest BCUT2D eigenvalue weighted by molar-refractivity contribution is -0.146. The van der Waals surface area contributed by atoms with Crippen molar-refractivity contribution in [3.05, 3.63) is 83.9 Å². The summed E-state index contributed by atoms with van der Waals surface area (Å²) in [5, 5.41) is 0. The van der Waals surface area contributed by atoms with Crippen molar-refractivity contribution in [2.45, 2.75) is 38.0 Å². The molecule has 0 spiro atoms. The summed E-state index contributed by atoms with van der Waals surface area (Å²) < 4.78 is 5.42. The van der Waals surface area contributed by atoms with Crippen LogP contribution in [-0.4, -0.2) is 12.6 Å². The molecule has 1 saturated heterocycles. The highest BCUT2D eigenvalue weighted by Gasteiger charge is 2.55. The molecule has 2 heteroatoms. The van der Waals surface area contributed by atoms with E-state index in [0.717, 1.165) is 32.1 Å². The number of benzene rings is 2. The summed E-state index contributed by atoms with van der Waals surface area (Å²) in [6.07, 6.45) is 4.74. The van der Waals surface area contributed by atoms with Gasteiger partial charge in [0.2, 0.25) is 0 Å². The summed E-state index contributed by atoms with van der Waals surface area (Å²) in [4.78, 5) is 12.5. The zero-order valence-corrected chi connectivity index (χ0v) is 15.2. The standard InChI is InChI=1S/C24H26O2/c1-18-15-21-17-26-23(25)24(21,16-18)14-8-13-22(19-9-4-2-5-10-19)20-11-6-3-7-12-20/h2-7,9-12,21-22H,1,8,13-17H2.